The Kier molecular flexibility index (Phi) is 3.89. The van der Waals surface area contributed by atoms with Gasteiger partial charge in [-0.15, -0.1) is 0 Å². The minimum atomic E-state index is -0.232. The van der Waals surface area contributed by atoms with Crippen molar-refractivity contribution in [1.82, 2.24) is 10.2 Å². The second-order valence-electron chi connectivity index (χ2n) is 6.34. The molecule has 1 rings (SSSR count). The number of carbonyl (C=O) groups is 1. The van der Waals surface area contributed by atoms with Crippen LogP contribution in [0.4, 0.5) is 0 Å². The summed E-state index contributed by atoms with van der Waals surface area (Å²) < 4.78 is 6.00. The van der Waals surface area contributed by atoms with Crippen LogP contribution in [0.3, 0.4) is 0 Å². The molecule has 17 heavy (non-hydrogen) atoms. The number of amides is 1. The average Bonchev–Trinajstić information content (AvgIpc) is 2.32. The van der Waals surface area contributed by atoms with E-state index in [-0.39, 0.29) is 29.2 Å². The molecule has 4 nitrogen and oxygen atoms in total. The summed E-state index contributed by atoms with van der Waals surface area (Å²) >= 11 is 0. The van der Waals surface area contributed by atoms with Crippen LogP contribution in [-0.4, -0.2) is 48.2 Å². The van der Waals surface area contributed by atoms with E-state index in [1.807, 2.05) is 6.92 Å². The Bertz CT molecular complexity index is 298. The molecule has 4 heteroatoms. The first-order valence-electron chi connectivity index (χ1n) is 6.22. The molecule has 1 heterocycles. The third kappa shape index (κ3) is 3.42. The molecule has 0 aromatic rings. The van der Waals surface area contributed by atoms with Crippen molar-refractivity contribution >= 4 is 5.91 Å². The molecule has 0 aromatic heterocycles. The summed E-state index contributed by atoms with van der Waals surface area (Å²) in [6.45, 7) is 10.2. The van der Waals surface area contributed by atoms with E-state index in [0.717, 1.165) is 6.42 Å². The second-order valence-corrected chi connectivity index (χ2v) is 6.34. The van der Waals surface area contributed by atoms with Gasteiger partial charge in [-0.05, 0) is 41.0 Å². The zero-order valence-electron chi connectivity index (χ0n) is 12.1. The molecule has 2 unspecified atom stereocenters. The Hall–Kier alpha value is -0.610. The van der Waals surface area contributed by atoms with E-state index in [1.165, 1.54) is 0 Å². The van der Waals surface area contributed by atoms with E-state index in [0.29, 0.717) is 0 Å². The van der Waals surface area contributed by atoms with Gasteiger partial charge < -0.3 is 15.0 Å². The monoisotopic (exact) mass is 242 g/mol. The Labute approximate surface area is 105 Å². The molecule has 1 saturated heterocycles. The van der Waals surface area contributed by atoms with Gasteiger partial charge in [-0.1, -0.05) is 0 Å². The van der Waals surface area contributed by atoms with Crippen molar-refractivity contribution in [3.8, 4) is 0 Å². The summed E-state index contributed by atoms with van der Waals surface area (Å²) in [7, 11) is 3.56. The third-order valence-electron chi connectivity index (χ3n) is 3.34. The van der Waals surface area contributed by atoms with Crippen molar-refractivity contribution in [2.45, 2.75) is 64.3 Å². The molecular formula is C13H26N2O2. The smallest absolute Gasteiger partial charge is 0.238 e. The van der Waals surface area contributed by atoms with Crippen LogP contribution in [0.25, 0.3) is 0 Å². The van der Waals surface area contributed by atoms with Gasteiger partial charge in [0.2, 0.25) is 5.91 Å². The van der Waals surface area contributed by atoms with Crippen LogP contribution < -0.4 is 5.32 Å². The largest absolute Gasteiger partial charge is 0.368 e. The normalized spacial score (nSPS) is 27.8. The van der Waals surface area contributed by atoms with Crippen LogP contribution in [0.2, 0.25) is 0 Å². The molecule has 1 aliphatic heterocycles. The van der Waals surface area contributed by atoms with Gasteiger partial charge >= 0.3 is 0 Å². The zero-order chi connectivity index (χ0) is 13.4. The van der Waals surface area contributed by atoms with Gasteiger partial charge in [0.1, 0.15) is 0 Å². The van der Waals surface area contributed by atoms with Crippen LogP contribution in [-0.2, 0) is 9.53 Å². The third-order valence-corrected chi connectivity index (χ3v) is 3.34. The van der Waals surface area contributed by atoms with E-state index >= 15 is 0 Å². The molecule has 2 atom stereocenters. The lowest BCUT2D eigenvalue weighted by Gasteiger charge is -2.30. The first kappa shape index (κ1) is 14.5. The molecule has 1 N–H and O–H groups in total. The van der Waals surface area contributed by atoms with Gasteiger partial charge in [-0.2, -0.15) is 0 Å². The minimum absolute atomic E-state index is 0.102. The molecule has 0 aliphatic carbocycles. The molecule has 0 bridgehead atoms. The predicted molar refractivity (Wildman–Crippen MR) is 68.9 cm³/mol. The van der Waals surface area contributed by atoms with Crippen molar-refractivity contribution in [3.63, 3.8) is 0 Å². The Morgan fingerprint density at radius 3 is 2.24 bits per heavy atom. The molecule has 0 radical (unpaired) electrons. The number of likely N-dealkylation sites (N-methyl/N-ethyl adjacent to an activating group) is 1. The number of nitrogens with one attached hydrogen (secondary N) is 1. The van der Waals surface area contributed by atoms with Crippen molar-refractivity contribution in [2.75, 3.05) is 14.1 Å². The Morgan fingerprint density at radius 1 is 1.35 bits per heavy atom. The quantitative estimate of drug-likeness (QED) is 0.813. The molecule has 1 aliphatic rings. The number of rotatable bonds is 3. The summed E-state index contributed by atoms with van der Waals surface area (Å²) in [4.78, 5) is 13.4. The fourth-order valence-corrected chi connectivity index (χ4v) is 2.58. The first-order chi connectivity index (χ1) is 7.55. The molecule has 0 saturated carbocycles. The van der Waals surface area contributed by atoms with E-state index < -0.39 is 0 Å². The van der Waals surface area contributed by atoms with E-state index in [1.54, 1.807) is 19.0 Å². The Morgan fingerprint density at radius 2 is 1.88 bits per heavy atom. The van der Waals surface area contributed by atoms with Crippen LogP contribution in [0.15, 0.2) is 0 Å². The van der Waals surface area contributed by atoms with E-state index in [4.69, 9.17) is 4.74 Å². The van der Waals surface area contributed by atoms with Gasteiger partial charge in [0.05, 0.1) is 17.2 Å². The average molecular weight is 242 g/mol. The van der Waals surface area contributed by atoms with Crippen molar-refractivity contribution in [2.24, 2.45) is 0 Å². The van der Waals surface area contributed by atoms with Crippen LogP contribution in [0.1, 0.15) is 41.0 Å². The topological polar surface area (TPSA) is 41.6 Å². The Balaban J connectivity index is 2.66. The highest BCUT2D eigenvalue weighted by molar-refractivity contribution is 5.80. The summed E-state index contributed by atoms with van der Waals surface area (Å²) in [5, 5.41) is 3.39. The van der Waals surface area contributed by atoms with Crippen molar-refractivity contribution in [3.05, 3.63) is 0 Å². The fourth-order valence-electron chi connectivity index (χ4n) is 2.58. The van der Waals surface area contributed by atoms with Gasteiger partial charge in [0.15, 0.2) is 0 Å². The van der Waals surface area contributed by atoms with E-state index in [9.17, 15) is 4.79 Å². The predicted octanol–water partition coefficient (Wildman–Crippen LogP) is 1.40. The number of hydrogen-bond acceptors (Lipinski definition) is 3. The van der Waals surface area contributed by atoms with Crippen LogP contribution in [0.5, 0.6) is 0 Å². The summed E-state index contributed by atoms with van der Waals surface area (Å²) in [5.74, 6) is 0.102. The van der Waals surface area contributed by atoms with Crippen LogP contribution in [0, 0.1) is 0 Å². The molecule has 1 amide bonds. The maximum atomic E-state index is 11.8. The van der Waals surface area contributed by atoms with Crippen LogP contribution >= 0.6 is 0 Å². The molecular weight excluding hydrogens is 216 g/mol. The SMILES string of the molecule is CC(NC1CC(C)(C)OC1(C)C)C(=O)N(C)C. The van der Waals surface area contributed by atoms with Gasteiger partial charge in [0, 0.05) is 20.1 Å². The van der Waals surface area contributed by atoms with E-state index in [2.05, 4.69) is 33.0 Å². The van der Waals surface area contributed by atoms with Crippen molar-refractivity contribution in [1.29, 1.82) is 0 Å². The maximum Gasteiger partial charge on any atom is 0.238 e. The highest BCUT2D eigenvalue weighted by atomic mass is 16.5. The first-order valence-corrected chi connectivity index (χ1v) is 6.22. The fraction of sp³-hybridized carbons (Fsp3) is 0.923. The molecule has 0 aromatic carbocycles. The lowest BCUT2D eigenvalue weighted by atomic mass is 9.94. The standard InChI is InChI=1S/C13H26N2O2/c1-9(11(16)15(6)7)14-10-8-12(2,3)17-13(10,4)5/h9-10,14H,8H2,1-7H3. The highest BCUT2D eigenvalue weighted by Crippen LogP contribution is 2.37. The molecule has 100 valence electrons. The lowest BCUT2D eigenvalue weighted by Crippen LogP contribution is -2.52. The summed E-state index contributed by atoms with van der Waals surface area (Å²) in [5.41, 5.74) is -0.355. The zero-order valence-corrected chi connectivity index (χ0v) is 12.1. The lowest BCUT2D eigenvalue weighted by molar-refractivity contribution is -0.131. The number of hydrogen-bond donors (Lipinski definition) is 1. The van der Waals surface area contributed by atoms with Crippen molar-refractivity contribution < 1.29 is 9.53 Å². The van der Waals surface area contributed by atoms with Gasteiger partial charge in [-0.25, -0.2) is 0 Å². The van der Waals surface area contributed by atoms with Gasteiger partial charge in [0.25, 0.3) is 0 Å². The number of carbonyl (C=O) groups excluding carboxylic acids is 1. The minimum Gasteiger partial charge on any atom is -0.368 e. The molecule has 1 fully saturated rings. The maximum absolute atomic E-state index is 11.8. The number of nitrogens with zero attached hydrogens (tertiary/aromatic N) is 1. The highest BCUT2D eigenvalue weighted by Gasteiger charge is 2.46. The molecule has 0 spiro atoms. The summed E-state index contributed by atoms with van der Waals surface area (Å²) in [6.07, 6.45) is 0.922. The summed E-state index contributed by atoms with van der Waals surface area (Å²) in [6, 6.07) is 0.0307. The second kappa shape index (κ2) is 4.58. The van der Waals surface area contributed by atoms with Gasteiger partial charge in [-0.3, -0.25) is 4.79 Å². The number of ether oxygens (including phenoxy) is 1.